The zero-order valence-electron chi connectivity index (χ0n) is 8.88. The Morgan fingerprint density at radius 1 is 1.53 bits per heavy atom. The molecule has 1 aromatic rings. The summed E-state index contributed by atoms with van der Waals surface area (Å²) in [6.07, 6.45) is 2.38. The van der Waals surface area contributed by atoms with Crippen molar-refractivity contribution < 1.29 is 4.74 Å². The monoisotopic (exact) mass is 245 g/mol. The van der Waals surface area contributed by atoms with E-state index in [0.717, 1.165) is 24.1 Å². The van der Waals surface area contributed by atoms with Crippen molar-refractivity contribution in [2.45, 2.75) is 18.3 Å². The van der Waals surface area contributed by atoms with Crippen LogP contribution in [-0.2, 0) is 10.2 Å². The van der Waals surface area contributed by atoms with Crippen molar-refractivity contribution >= 4 is 22.9 Å². The first kappa shape index (κ1) is 11.4. The molecule has 1 aromatic heterocycles. The lowest BCUT2D eigenvalue weighted by Gasteiger charge is -2.41. The molecule has 0 aliphatic carbocycles. The van der Waals surface area contributed by atoms with Crippen molar-refractivity contribution in [3.63, 3.8) is 0 Å². The van der Waals surface area contributed by atoms with E-state index in [9.17, 15) is 0 Å². The molecule has 2 heterocycles. The van der Waals surface area contributed by atoms with E-state index in [0.29, 0.717) is 0 Å². The summed E-state index contributed by atoms with van der Waals surface area (Å²) in [6.45, 7) is 2.78. The van der Waals surface area contributed by atoms with Gasteiger partial charge in [0.05, 0.1) is 23.0 Å². The maximum atomic E-state index is 5.97. The van der Waals surface area contributed by atoms with Crippen LogP contribution in [0.2, 0.25) is 4.34 Å². The fraction of sp³-hybridized carbons (Fsp3) is 0.636. The van der Waals surface area contributed by atoms with Crippen LogP contribution >= 0.6 is 22.9 Å². The van der Waals surface area contributed by atoms with Crippen molar-refractivity contribution in [2.75, 3.05) is 26.8 Å². The smallest absolute Gasteiger partial charge is 0.0931 e. The van der Waals surface area contributed by atoms with Gasteiger partial charge in [-0.1, -0.05) is 11.6 Å². The SMILES string of the molecule is CNCCCC1(c2ccc(Cl)s2)COC1. The maximum absolute atomic E-state index is 5.97. The van der Waals surface area contributed by atoms with Gasteiger partial charge >= 0.3 is 0 Å². The normalized spacial score (nSPS) is 18.8. The number of rotatable bonds is 5. The van der Waals surface area contributed by atoms with E-state index in [1.165, 1.54) is 17.7 Å². The second kappa shape index (κ2) is 4.83. The average molecular weight is 246 g/mol. The highest BCUT2D eigenvalue weighted by Gasteiger charge is 2.40. The molecular weight excluding hydrogens is 230 g/mol. The highest BCUT2D eigenvalue weighted by Crippen LogP contribution is 2.41. The Balaban J connectivity index is 2.01. The van der Waals surface area contributed by atoms with E-state index in [-0.39, 0.29) is 5.41 Å². The van der Waals surface area contributed by atoms with Crippen LogP contribution < -0.4 is 5.32 Å². The molecule has 0 atom stereocenters. The van der Waals surface area contributed by atoms with Gasteiger partial charge in [-0.15, -0.1) is 11.3 Å². The second-order valence-corrected chi connectivity index (χ2v) is 5.80. The first-order valence-electron chi connectivity index (χ1n) is 5.25. The van der Waals surface area contributed by atoms with Gasteiger partial charge in [0.1, 0.15) is 0 Å². The van der Waals surface area contributed by atoms with Gasteiger partial charge in [-0.05, 0) is 38.6 Å². The van der Waals surface area contributed by atoms with Crippen molar-refractivity contribution in [2.24, 2.45) is 0 Å². The van der Waals surface area contributed by atoms with Crippen LogP contribution in [0.25, 0.3) is 0 Å². The van der Waals surface area contributed by atoms with Crippen LogP contribution in [0.4, 0.5) is 0 Å². The van der Waals surface area contributed by atoms with E-state index in [4.69, 9.17) is 16.3 Å². The van der Waals surface area contributed by atoms with Gasteiger partial charge in [-0.3, -0.25) is 0 Å². The first-order chi connectivity index (χ1) is 7.27. The van der Waals surface area contributed by atoms with Gasteiger partial charge in [0.2, 0.25) is 0 Å². The Hall–Kier alpha value is -0.0900. The number of ether oxygens (including phenoxy) is 1. The molecular formula is C11H16ClNOS. The molecule has 0 radical (unpaired) electrons. The van der Waals surface area contributed by atoms with Crippen LogP contribution in [0.5, 0.6) is 0 Å². The van der Waals surface area contributed by atoms with Crippen LogP contribution in [0, 0.1) is 0 Å². The molecule has 4 heteroatoms. The highest BCUT2D eigenvalue weighted by atomic mass is 35.5. The topological polar surface area (TPSA) is 21.3 Å². The summed E-state index contributed by atoms with van der Waals surface area (Å²) in [6, 6.07) is 4.13. The van der Waals surface area contributed by atoms with Crippen LogP contribution in [0.1, 0.15) is 17.7 Å². The minimum absolute atomic E-state index is 0.259. The molecule has 1 aliphatic heterocycles. The average Bonchev–Trinajstić information content (AvgIpc) is 2.57. The number of hydrogen-bond donors (Lipinski definition) is 1. The Morgan fingerprint density at radius 2 is 2.33 bits per heavy atom. The molecule has 2 rings (SSSR count). The van der Waals surface area contributed by atoms with Gasteiger partial charge in [0.15, 0.2) is 0 Å². The van der Waals surface area contributed by atoms with E-state index in [2.05, 4.69) is 11.4 Å². The standard InChI is InChI=1S/C11H16ClNOS/c1-13-6-2-5-11(7-14-8-11)9-3-4-10(12)15-9/h3-4,13H,2,5-8H2,1H3. The quantitative estimate of drug-likeness (QED) is 0.806. The van der Waals surface area contributed by atoms with Crippen molar-refractivity contribution in [3.8, 4) is 0 Å². The third-order valence-corrected chi connectivity index (χ3v) is 4.41. The summed E-state index contributed by atoms with van der Waals surface area (Å²) in [5, 5.41) is 3.18. The van der Waals surface area contributed by atoms with Crippen LogP contribution in [0.3, 0.4) is 0 Å². The fourth-order valence-electron chi connectivity index (χ4n) is 1.96. The van der Waals surface area contributed by atoms with E-state index < -0.39 is 0 Å². The van der Waals surface area contributed by atoms with Crippen LogP contribution in [-0.4, -0.2) is 26.8 Å². The predicted octanol–water partition coefficient (Wildman–Crippen LogP) is 2.67. The van der Waals surface area contributed by atoms with E-state index in [1.807, 2.05) is 13.1 Å². The van der Waals surface area contributed by atoms with Gasteiger partial charge in [0.25, 0.3) is 0 Å². The lowest BCUT2D eigenvalue weighted by molar-refractivity contribution is -0.0631. The number of thiophene rings is 1. The third-order valence-electron chi connectivity index (χ3n) is 2.93. The summed E-state index contributed by atoms with van der Waals surface area (Å²) in [5.74, 6) is 0. The lowest BCUT2D eigenvalue weighted by atomic mass is 9.80. The zero-order valence-corrected chi connectivity index (χ0v) is 10.5. The van der Waals surface area contributed by atoms with E-state index in [1.54, 1.807) is 11.3 Å². The predicted molar refractivity (Wildman–Crippen MR) is 65.0 cm³/mol. The molecule has 1 N–H and O–H groups in total. The van der Waals surface area contributed by atoms with Crippen molar-refractivity contribution in [1.82, 2.24) is 5.32 Å². The molecule has 0 aromatic carbocycles. The maximum Gasteiger partial charge on any atom is 0.0931 e. The first-order valence-corrected chi connectivity index (χ1v) is 6.44. The largest absolute Gasteiger partial charge is 0.379 e. The highest BCUT2D eigenvalue weighted by molar-refractivity contribution is 7.16. The molecule has 2 nitrogen and oxygen atoms in total. The van der Waals surface area contributed by atoms with Gasteiger partial charge in [-0.2, -0.15) is 0 Å². The number of hydrogen-bond acceptors (Lipinski definition) is 3. The molecule has 15 heavy (non-hydrogen) atoms. The molecule has 1 aliphatic rings. The Kier molecular flexibility index (Phi) is 3.67. The molecule has 1 fully saturated rings. The Bertz CT molecular complexity index is 322. The Labute approximate surface area is 99.6 Å². The van der Waals surface area contributed by atoms with Gasteiger partial charge in [0, 0.05) is 4.88 Å². The van der Waals surface area contributed by atoms with Crippen molar-refractivity contribution in [3.05, 3.63) is 21.3 Å². The zero-order chi connectivity index (χ0) is 10.7. The minimum Gasteiger partial charge on any atom is -0.379 e. The minimum atomic E-state index is 0.259. The summed E-state index contributed by atoms with van der Waals surface area (Å²) in [7, 11) is 1.99. The molecule has 84 valence electrons. The molecule has 0 unspecified atom stereocenters. The molecule has 0 spiro atoms. The molecule has 0 amide bonds. The summed E-state index contributed by atoms with van der Waals surface area (Å²) < 4.78 is 6.26. The molecule has 0 saturated carbocycles. The second-order valence-electron chi connectivity index (χ2n) is 4.08. The number of nitrogens with one attached hydrogen (secondary N) is 1. The van der Waals surface area contributed by atoms with Gasteiger partial charge in [-0.25, -0.2) is 0 Å². The van der Waals surface area contributed by atoms with Gasteiger partial charge < -0.3 is 10.1 Å². The summed E-state index contributed by atoms with van der Waals surface area (Å²) >= 11 is 7.67. The molecule has 0 bridgehead atoms. The fourth-order valence-corrected chi connectivity index (χ4v) is 3.19. The lowest BCUT2D eigenvalue weighted by Crippen LogP contribution is -2.46. The number of halogens is 1. The van der Waals surface area contributed by atoms with Crippen molar-refractivity contribution in [1.29, 1.82) is 0 Å². The third kappa shape index (κ3) is 2.36. The summed E-state index contributed by atoms with van der Waals surface area (Å²) in [5.41, 5.74) is 0.259. The Morgan fingerprint density at radius 3 is 2.80 bits per heavy atom. The summed E-state index contributed by atoms with van der Waals surface area (Å²) in [4.78, 5) is 1.38. The van der Waals surface area contributed by atoms with Crippen LogP contribution in [0.15, 0.2) is 12.1 Å². The molecule has 1 saturated heterocycles. The van der Waals surface area contributed by atoms with E-state index >= 15 is 0 Å².